The maximum atomic E-state index is 15.1. The highest BCUT2D eigenvalue weighted by Gasteiger charge is 2.27. The third-order valence-electron chi connectivity index (χ3n) is 7.60. The number of anilines is 1. The van der Waals surface area contributed by atoms with E-state index < -0.39 is 11.6 Å². The third-order valence-corrected chi connectivity index (χ3v) is 7.60. The van der Waals surface area contributed by atoms with E-state index in [2.05, 4.69) is 15.3 Å². The molecule has 206 valence electrons. The Labute approximate surface area is 226 Å². The van der Waals surface area contributed by atoms with Crippen LogP contribution in [0.1, 0.15) is 69.3 Å². The fraction of sp³-hybridized carbons (Fsp3) is 0.433. The van der Waals surface area contributed by atoms with Crippen LogP contribution in [0.4, 0.5) is 18.9 Å². The molecule has 1 N–H and O–H groups in total. The smallest absolute Gasteiger partial charge is 0.217 e. The minimum Gasteiger partial charge on any atom is -0.486 e. The Morgan fingerprint density at radius 3 is 2.54 bits per heavy atom. The number of hydrogen-bond donors (Lipinski definition) is 1. The molecule has 5 rings (SSSR count). The lowest BCUT2D eigenvalue weighted by Gasteiger charge is -2.34. The molecule has 2 aliphatic rings. The van der Waals surface area contributed by atoms with Gasteiger partial charge in [0.2, 0.25) is 5.91 Å². The Morgan fingerprint density at radius 1 is 1.08 bits per heavy atom. The van der Waals surface area contributed by atoms with Crippen LogP contribution in [0.2, 0.25) is 0 Å². The van der Waals surface area contributed by atoms with Crippen molar-refractivity contribution in [2.45, 2.75) is 70.9 Å². The van der Waals surface area contributed by atoms with Crippen molar-refractivity contribution in [3.8, 4) is 17.0 Å². The zero-order chi connectivity index (χ0) is 27.7. The average Bonchev–Trinajstić information content (AvgIpc) is 2.90. The Balaban J connectivity index is 1.35. The van der Waals surface area contributed by atoms with E-state index in [-0.39, 0.29) is 47.6 Å². The van der Waals surface area contributed by atoms with Gasteiger partial charge >= 0.3 is 0 Å². The second-order valence-electron chi connectivity index (χ2n) is 10.7. The molecule has 1 aliphatic carbocycles. The standard InChI is InChI=1S/C30H33F3N4O2/c1-17(2)37-10-11-39-30-25(32)14-21(15-27(30)37)29-26(33)16-34-28(36-29)13-19-4-9-23(24(31)12-19)20-5-7-22(8-6-20)35-18(3)38/h4,9,12,14-17,20,22H,5-8,10-11,13H2,1-3H3,(H,35,38). The molecule has 0 atom stereocenters. The predicted molar refractivity (Wildman–Crippen MR) is 143 cm³/mol. The quantitative estimate of drug-likeness (QED) is 0.422. The number of fused-ring (bicyclic) bond motifs is 1. The van der Waals surface area contributed by atoms with Gasteiger partial charge in [-0.15, -0.1) is 0 Å². The van der Waals surface area contributed by atoms with Crippen LogP contribution in [-0.4, -0.2) is 41.1 Å². The molecule has 6 nitrogen and oxygen atoms in total. The minimum absolute atomic E-state index is 0.0102. The summed E-state index contributed by atoms with van der Waals surface area (Å²) < 4.78 is 50.5. The number of hydrogen-bond acceptors (Lipinski definition) is 5. The molecule has 0 spiro atoms. The Morgan fingerprint density at radius 2 is 1.85 bits per heavy atom. The van der Waals surface area contributed by atoms with Crippen LogP contribution in [0.5, 0.6) is 5.75 Å². The van der Waals surface area contributed by atoms with Crippen LogP contribution in [0.3, 0.4) is 0 Å². The summed E-state index contributed by atoms with van der Waals surface area (Å²) in [6, 6.07) is 8.32. The minimum atomic E-state index is -0.665. The van der Waals surface area contributed by atoms with Crippen LogP contribution in [-0.2, 0) is 11.2 Å². The summed E-state index contributed by atoms with van der Waals surface area (Å²) in [6.45, 7) is 6.50. The van der Waals surface area contributed by atoms with Crippen LogP contribution in [0.25, 0.3) is 11.3 Å². The van der Waals surface area contributed by atoms with Crippen LogP contribution >= 0.6 is 0 Å². The number of carbonyl (C=O) groups is 1. The molecular formula is C30H33F3N4O2. The molecule has 9 heteroatoms. The molecule has 0 unspecified atom stereocenters. The van der Waals surface area contributed by atoms with E-state index in [1.165, 1.54) is 19.1 Å². The molecule has 1 amide bonds. The molecule has 0 radical (unpaired) electrons. The van der Waals surface area contributed by atoms with E-state index in [1.54, 1.807) is 12.1 Å². The van der Waals surface area contributed by atoms with Gasteiger partial charge < -0.3 is 15.0 Å². The van der Waals surface area contributed by atoms with Crippen molar-refractivity contribution in [1.29, 1.82) is 0 Å². The van der Waals surface area contributed by atoms with E-state index in [0.29, 0.717) is 41.4 Å². The summed E-state index contributed by atoms with van der Waals surface area (Å²) in [5, 5.41) is 2.95. The zero-order valence-electron chi connectivity index (χ0n) is 22.4. The first-order chi connectivity index (χ1) is 18.7. The lowest BCUT2D eigenvalue weighted by atomic mass is 9.81. The fourth-order valence-electron chi connectivity index (χ4n) is 5.70. The number of halogens is 3. The van der Waals surface area contributed by atoms with E-state index in [4.69, 9.17) is 4.74 Å². The van der Waals surface area contributed by atoms with Gasteiger partial charge in [0.05, 0.1) is 18.4 Å². The molecule has 1 aliphatic heterocycles. The first-order valence-corrected chi connectivity index (χ1v) is 13.5. The molecule has 3 aromatic rings. The predicted octanol–water partition coefficient (Wildman–Crippen LogP) is 5.92. The molecule has 2 heterocycles. The number of nitrogens with one attached hydrogen (secondary N) is 1. The summed E-state index contributed by atoms with van der Waals surface area (Å²) in [6.07, 6.45) is 4.53. The SMILES string of the molecule is CC(=O)NC1CCC(c2ccc(Cc3ncc(F)c(-c4cc(F)c5c(c4)N(C(C)C)CCO5)n3)cc2F)CC1. The van der Waals surface area contributed by atoms with Crippen molar-refractivity contribution < 1.29 is 22.7 Å². The summed E-state index contributed by atoms with van der Waals surface area (Å²) in [4.78, 5) is 21.8. The van der Waals surface area contributed by atoms with Crippen molar-refractivity contribution in [2.75, 3.05) is 18.1 Å². The lowest BCUT2D eigenvalue weighted by Crippen LogP contribution is -2.38. The van der Waals surface area contributed by atoms with E-state index >= 15 is 4.39 Å². The van der Waals surface area contributed by atoms with Crippen molar-refractivity contribution >= 4 is 11.6 Å². The topological polar surface area (TPSA) is 67.4 Å². The van der Waals surface area contributed by atoms with E-state index in [9.17, 15) is 13.6 Å². The van der Waals surface area contributed by atoms with Gasteiger partial charge in [-0.1, -0.05) is 12.1 Å². The van der Waals surface area contributed by atoms with Crippen LogP contribution in [0.15, 0.2) is 36.5 Å². The molecule has 0 saturated heterocycles. The van der Waals surface area contributed by atoms with Crippen LogP contribution in [0, 0.1) is 17.5 Å². The summed E-state index contributed by atoms with van der Waals surface area (Å²) in [7, 11) is 0. The third kappa shape index (κ3) is 5.87. The molecule has 1 saturated carbocycles. The Kier molecular flexibility index (Phi) is 7.77. The first kappa shape index (κ1) is 27.0. The summed E-state index contributed by atoms with van der Waals surface area (Å²) in [5.41, 5.74) is 2.18. The van der Waals surface area contributed by atoms with E-state index in [1.807, 2.05) is 24.8 Å². The number of carbonyl (C=O) groups excluding carboxylic acids is 1. The fourth-order valence-corrected chi connectivity index (χ4v) is 5.70. The van der Waals surface area contributed by atoms with Gasteiger partial charge in [-0.3, -0.25) is 4.79 Å². The Bertz CT molecular complexity index is 1370. The second-order valence-corrected chi connectivity index (χ2v) is 10.7. The van der Waals surface area contributed by atoms with Crippen molar-refractivity contribution in [3.05, 3.63) is 70.9 Å². The molecule has 1 aromatic heterocycles. The molecule has 39 heavy (non-hydrogen) atoms. The molecule has 1 fully saturated rings. The molecule has 0 bridgehead atoms. The van der Waals surface area contributed by atoms with Gasteiger partial charge in [0.1, 0.15) is 23.9 Å². The van der Waals surface area contributed by atoms with E-state index in [0.717, 1.165) is 31.9 Å². The normalized spacial score (nSPS) is 19.0. The number of nitrogens with zero attached hydrogens (tertiary/aromatic N) is 3. The maximum Gasteiger partial charge on any atom is 0.217 e. The van der Waals surface area contributed by atoms with Gasteiger partial charge in [-0.25, -0.2) is 23.1 Å². The largest absolute Gasteiger partial charge is 0.486 e. The maximum absolute atomic E-state index is 15.1. The van der Waals surface area contributed by atoms with Crippen LogP contribution < -0.4 is 15.0 Å². The zero-order valence-corrected chi connectivity index (χ0v) is 22.4. The first-order valence-electron chi connectivity index (χ1n) is 13.5. The second kappa shape index (κ2) is 11.2. The number of amides is 1. The number of benzene rings is 2. The number of aromatic nitrogens is 2. The Hall–Kier alpha value is -3.62. The lowest BCUT2D eigenvalue weighted by molar-refractivity contribution is -0.119. The number of ether oxygens (including phenoxy) is 1. The average molecular weight is 539 g/mol. The monoisotopic (exact) mass is 538 g/mol. The van der Waals surface area contributed by atoms with Crippen molar-refractivity contribution in [3.63, 3.8) is 0 Å². The van der Waals surface area contributed by atoms with Gasteiger partial charge in [0.25, 0.3) is 0 Å². The summed E-state index contributed by atoms with van der Waals surface area (Å²) >= 11 is 0. The number of rotatable bonds is 6. The molecular weight excluding hydrogens is 505 g/mol. The van der Waals surface area contributed by atoms with Gasteiger partial charge in [-0.05, 0) is 74.8 Å². The highest BCUT2D eigenvalue weighted by atomic mass is 19.1. The van der Waals surface area contributed by atoms with Crippen molar-refractivity contribution in [1.82, 2.24) is 15.3 Å². The van der Waals surface area contributed by atoms with Crippen molar-refractivity contribution in [2.24, 2.45) is 0 Å². The van der Waals surface area contributed by atoms with Gasteiger partial charge in [0.15, 0.2) is 17.4 Å². The molecule has 2 aromatic carbocycles. The van der Waals surface area contributed by atoms with Gasteiger partial charge in [0, 0.05) is 31.0 Å². The van der Waals surface area contributed by atoms with Gasteiger partial charge in [-0.2, -0.15) is 0 Å². The summed E-state index contributed by atoms with van der Waals surface area (Å²) in [5.74, 6) is -0.992. The highest BCUT2D eigenvalue weighted by molar-refractivity contribution is 5.73. The highest BCUT2D eigenvalue weighted by Crippen LogP contribution is 2.39.